The molecule has 0 fully saturated rings. The topological polar surface area (TPSA) is 108 Å². The third-order valence-corrected chi connectivity index (χ3v) is 20.0. The Morgan fingerprint density at radius 1 is 0.333 bits per heavy atom. The van der Waals surface area contributed by atoms with Crippen LogP contribution >= 0.6 is 7.82 Å². The number of phosphoric acid groups is 1. The van der Waals surface area contributed by atoms with E-state index in [0.717, 1.165) is 64.2 Å². The van der Waals surface area contributed by atoms with Crippen molar-refractivity contribution in [3.63, 3.8) is 0 Å². The van der Waals surface area contributed by atoms with E-state index >= 15 is 0 Å². The average Bonchev–Trinajstić information content (AvgIpc) is 1.98. The van der Waals surface area contributed by atoms with Gasteiger partial charge >= 0.3 is 19.8 Å². The van der Waals surface area contributed by atoms with Crippen molar-refractivity contribution in [1.82, 2.24) is 0 Å². The van der Waals surface area contributed by atoms with E-state index in [0.29, 0.717) is 23.9 Å². The summed E-state index contributed by atoms with van der Waals surface area (Å²) < 4.78 is 34.9. The summed E-state index contributed by atoms with van der Waals surface area (Å²) in [6.07, 6.45) is 104. The fourth-order valence-corrected chi connectivity index (χ4v) is 13.4. The number of esters is 2. The number of likely N-dealkylation sites (N-methyl/N-ethyl adjacent to an activating group) is 1. The highest BCUT2D eigenvalue weighted by atomic mass is 31.2. The maximum Gasteiger partial charge on any atom is 0.472 e. The maximum atomic E-state index is 12.9. The molecule has 0 aromatic rings. The van der Waals surface area contributed by atoms with Crippen LogP contribution in [0.2, 0.25) is 0 Å². The predicted molar refractivity (Wildman–Crippen MR) is 418 cm³/mol. The second-order valence-corrected chi connectivity index (χ2v) is 31.3. The van der Waals surface area contributed by atoms with E-state index in [2.05, 4.69) is 74.6 Å². The van der Waals surface area contributed by atoms with Crippen LogP contribution in [0.1, 0.15) is 425 Å². The van der Waals surface area contributed by atoms with Gasteiger partial charge in [0.25, 0.3) is 0 Å². The van der Waals surface area contributed by atoms with Crippen molar-refractivity contribution in [2.75, 3.05) is 47.5 Å². The predicted octanol–water partition coefficient (Wildman–Crippen LogP) is 28.1. The minimum Gasteiger partial charge on any atom is -0.462 e. The molecule has 0 aromatic heterocycles. The molecule has 0 bridgehead atoms. The van der Waals surface area contributed by atoms with Crippen molar-refractivity contribution in [2.24, 2.45) is 0 Å². The van der Waals surface area contributed by atoms with Gasteiger partial charge in [0.2, 0.25) is 0 Å². The summed E-state index contributed by atoms with van der Waals surface area (Å²) >= 11 is 0. The quantitative estimate of drug-likeness (QED) is 0.0211. The Labute approximate surface area is 597 Å². The molecule has 0 aliphatic carbocycles. The highest BCUT2D eigenvalue weighted by molar-refractivity contribution is 7.47. The molecule has 2 atom stereocenters. The van der Waals surface area contributed by atoms with Gasteiger partial charge in [0, 0.05) is 12.8 Å². The SMILES string of the molecule is CC/C=C\C/C=C\C/C=C\C/C=C\C/C=C\CCCCCCCCCCCCCCCCCCCCCCCCCC(=O)OC(COC(=O)CCCCCCCCCCCCCCCCCCCCCCCCCCCCCCCCCCC)COP(=O)(O)OCC[N+](C)(C)C. The van der Waals surface area contributed by atoms with Crippen molar-refractivity contribution in [1.29, 1.82) is 0 Å². The standard InChI is InChI=1S/C86H162NO8P/c1-6-8-10-12-14-16-18-20-22-24-26-28-30-32-34-36-38-40-41-42-43-44-45-47-49-51-53-55-57-59-61-63-65-67-69-71-73-75-77-79-86(89)95-84(83-94-96(90,91)93-81-80-87(3,4)5)82-92-85(88)78-76-74-72-70-68-66-64-62-60-58-56-54-52-50-48-46-39-37-35-33-31-29-27-25-23-21-19-17-15-13-11-9-7-2/h8,10,14,16,20,22,26,28,32,34,84H,6-7,9,11-13,15,17-19,21,23-25,27,29-31,33,35-83H2,1-5H3/p+1/b10-8-,16-14-,22-20-,28-26-,34-32-. The molecule has 0 saturated carbocycles. The van der Waals surface area contributed by atoms with E-state index in [1.165, 1.54) is 327 Å². The Morgan fingerprint density at radius 2 is 0.594 bits per heavy atom. The number of quaternary nitrogens is 1. The summed E-state index contributed by atoms with van der Waals surface area (Å²) in [6, 6.07) is 0. The zero-order valence-electron chi connectivity index (χ0n) is 64.6. The minimum absolute atomic E-state index is 0.0348. The van der Waals surface area contributed by atoms with Crippen LogP contribution in [0.3, 0.4) is 0 Å². The molecule has 0 saturated heterocycles. The fourth-order valence-electron chi connectivity index (χ4n) is 12.7. The Morgan fingerprint density at radius 3 is 0.885 bits per heavy atom. The third-order valence-electron chi connectivity index (χ3n) is 19.1. The number of hydrogen-bond donors (Lipinski definition) is 1. The van der Waals surface area contributed by atoms with Gasteiger partial charge in [-0.3, -0.25) is 18.6 Å². The molecular formula is C86H163NO8P+. The summed E-state index contributed by atoms with van der Waals surface area (Å²) in [5.41, 5.74) is 0. The van der Waals surface area contributed by atoms with Crippen LogP contribution in [0.25, 0.3) is 0 Å². The van der Waals surface area contributed by atoms with E-state index < -0.39 is 26.5 Å². The van der Waals surface area contributed by atoms with Gasteiger partial charge in [-0.2, -0.15) is 0 Å². The molecule has 1 N–H and O–H groups in total. The van der Waals surface area contributed by atoms with E-state index in [9.17, 15) is 19.0 Å². The zero-order chi connectivity index (χ0) is 69.7. The first kappa shape index (κ1) is 93.7. The molecular weight excluding hydrogens is 1210 g/mol. The molecule has 96 heavy (non-hydrogen) atoms. The van der Waals surface area contributed by atoms with Crippen LogP contribution in [-0.4, -0.2) is 74.9 Å². The molecule has 0 heterocycles. The van der Waals surface area contributed by atoms with Gasteiger partial charge in [-0.1, -0.05) is 415 Å². The van der Waals surface area contributed by atoms with E-state index in [-0.39, 0.29) is 25.6 Å². The number of carbonyl (C=O) groups excluding carboxylic acids is 2. The summed E-state index contributed by atoms with van der Waals surface area (Å²) in [5.74, 6) is -0.771. The van der Waals surface area contributed by atoms with Crippen molar-refractivity contribution in [2.45, 2.75) is 431 Å². The van der Waals surface area contributed by atoms with Crippen LogP contribution < -0.4 is 0 Å². The van der Waals surface area contributed by atoms with Gasteiger partial charge in [0.15, 0.2) is 6.10 Å². The highest BCUT2D eigenvalue weighted by Gasteiger charge is 2.27. The van der Waals surface area contributed by atoms with Gasteiger partial charge < -0.3 is 18.9 Å². The van der Waals surface area contributed by atoms with Gasteiger partial charge in [0.1, 0.15) is 19.8 Å². The number of unbranched alkanes of at least 4 members (excludes halogenated alkanes) is 55. The van der Waals surface area contributed by atoms with Crippen molar-refractivity contribution >= 4 is 19.8 Å². The molecule has 0 aliphatic heterocycles. The van der Waals surface area contributed by atoms with Crippen LogP contribution in [0.5, 0.6) is 0 Å². The molecule has 0 rings (SSSR count). The Hall–Kier alpha value is -2.29. The zero-order valence-corrected chi connectivity index (χ0v) is 65.5. The molecule has 9 nitrogen and oxygen atoms in total. The largest absolute Gasteiger partial charge is 0.472 e. The van der Waals surface area contributed by atoms with Crippen LogP contribution in [0.4, 0.5) is 0 Å². The molecule has 0 amide bonds. The monoisotopic (exact) mass is 1370 g/mol. The number of carbonyl (C=O) groups is 2. The molecule has 0 radical (unpaired) electrons. The van der Waals surface area contributed by atoms with E-state index in [1.54, 1.807) is 0 Å². The lowest BCUT2D eigenvalue weighted by Crippen LogP contribution is -2.37. The van der Waals surface area contributed by atoms with Gasteiger partial charge in [-0.05, 0) is 57.8 Å². The first-order chi connectivity index (χ1) is 47.0. The lowest BCUT2D eigenvalue weighted by atomic mass is 10.0. The smallest absolute Gasteiger partial charge is 0.462 e. The highest BCUT2D eigenvalue weighted by Crippen LogP contribution is 2.43. The number of hydrogen-bond acceptors (Lipinski definition) is 7. The summed E-state index contributed by atoms with van der Waals surface area (Å²) in [5, 5.41) is 0. The molecule has 0 aromatic carbocycles. The summed E-state index contributed by atoms with van der Waals surface area (Å²) in [6.45, 7) is 4.40. The molecule has 2 unspecified atom stereocenters. The molecule has 564 valence electrons. The second-order valence-electron chi connectivity index (χ2n) is 29.8. The number of rotatable bonds is 79. The summed E-state index contributed by atoms with van der Waals surface area (Å²) in [7, 11) is 1.50. The Bertz CT molecular complexity index is 1800. The van der Waals surface area contributed by atoms with Gasteiger partial charge in [0.05, 0.1) is 27.7 Å². The minimum atomic E-state index is -4.39. The van der Waals surface area contributed by atoms with Crippen LogP contribution in [-0.2, 0) is 32.7 Å². The number of ether oxygens (including phenoxy) is 2. The van der Waals surface area contributed by atoms with Crippen molar-refractivity contribution in [3.8, 4) is 0 Å². The number of nitrogens with zero attached hydrogens (tertiary/aromatic N) is 1. The lowest BCUT2D eigenvalue weighted by Gasteiger charge is -2.24. The van der Waals surface area contributed by atoms with Crippen molar-refractivity contribution < 1.29 is 42.1 Å². The first-order valence-corrected chi connectivity index (χ1v) is 43.5. The van der Waals surface area contributed by atoms with Crippen LogP contribution in [0.15, 0.2) is 60.8 Å². The maximum absolute atomic E-state index is 12.9. The van der Waals surface area contributed by atoms with Gasteiger partial charge in [-0.25, -0.2) is 4.57 Å². The number of phosphoric ester groups is 1. The Balaban J connectivity index is 3.88. The van der Waals surface area contributed by atoms with Gasteiger partial charge in [-0.15, -0.1) is 0 Å². The molecule has 0 spiro atoms. The van der Waals surface area contributed by atoms with Crippen molar-refractivity contribution in [3.05, 3.63) is 60.8 Å². The average molecular weight is 1370 g/mol. The van der Waals surface area contributed by atoms with E-state index in [1.807, 2.05) is 21.1 Å². The fraction of sp³-hybridized carbons (Fsp3) is 0.860. The van der Waals surface area contributed by atoms with E-state index in [4.69, 9.17) is 18.5 Å². The second kappa shape index (κ2) is 76.9. The normalized spacial score (nSPS) is 13.3. The molecule has 10 heteroatoms. The van der Waals surface area contributed by atoms with Crippen LogP contribution in [0, 0.1) is 0 Å². The summed E-state index contributed by atoms with van der Waals surface area (Å²) in [4.78, 5) is 36.0. The molecule has 0 aliphatic rings. The lowest BCUT2D eigenvalue weighted by molar-refractivity contribution is -0.870. The Kier molecular flexibility index (Phi) is 75.0. The first-order valence-electron chi connectivity index (χ1n) is 42.0. The third kappa shape index (κ3) is 80.7. The number of allylic oxidation sites excluding steroid dienone is 10.